The van der Waals surface area contributed by atoms with Gasteiger partial charge in [-0.3, -0.25) is 19.2 Å². The molecule has 32 heavy (non-hydrogen) atoms. The minimum Gasteiger partial charge on any atom is -0.495 e. The summed E-state index contributed by atoms with van der Waals surface area (Å²) in [5.74, 6) is 0.647. The van der Waals surface area contributed by atoms with Gasteiger partial charge in [-0.25, -0.2) is 8.42 Å². The van der Waals surface area contributed by atoms with Gasteiger partial charge >= 0.3 is 0 Å². The Morgan fingerprint density at radius 1 is 1.22 bits per heavy atom. The average molecular weight is 465 g/mol. The van der Waals surface area contributed by atoms with Gasteiger partial charge in [0.25, 0.3) is 5.69 Å². The second-order valence-corrected chi connectivity index (χ2v) is 8.98. The molecule has 12 heteroatoms. The molecule has 11 nitrogen and oxygen atoms in total. The molecule has 1 aliphatic rings. The van der Waals surface area contributed by atoms with Crippen molar-refractivity contribution < 1.29 is 32.3 Å². The highest BCUT2D eigenvalue weighted by Crippen LogP contribution is 2.34. The summed E-state index contributed by atoms with van der Waals surface area (Å²) in [6.07, 6.45) is 0.906. The lowest BCUT2D eigenvalue weighted by Gasteiger charge is -2.25. The smallest absolute Gasteiger partial charge is 0.271 e. The number of sulfonamides is 1. The van der Waals surface area contributed by atoms with Crippen LogP contribution in [-0.2, 0) is 14.8 Å². The SMILES string of the molecule is COc1ccc([N+](=O)[O-])cc1N(CC(=O)N[C@H](C)c1ccc2c(c1)OCCO2)S(C)(=O)=O. The van der Waals surface area contributed by atoms with Crippen LogP contribution in [0.4, 0.5) is 11.4 Å². The molecule has 1 aliphatic heterocycles. The first-order valence-electron chi connectivity index (χ1n) is 9.59. The van der Waals surface area contributed by atoms with Crippen molar-refractivity contribution in [1.29, 1.82) is 0 Å². The van der Waals surface area contributed by atoms with E-state index in [0.29, 0.717) is 24.7 Å². The number of anilines is 1. The van der Waals surface area contributed by atoms with Crippen LogP contribution in [0.25, 0.3) is 0 Å². The van der Waals surface area contributed by atoms with E-state index in [1.54, 1.807) is 25.1 Å². The number of non-ortho nitro benzene ring substituents is 1. The molecule has 1 heterocycles. The first-order valence-corrected chi connectivity index (χ1v) is 11.4. The lowest BCUT2D eigenvalue weighted by Crippen LogP contribution is -2.41. The minimum atomic E-state index is -3.97. The molecule has 0 unspecified atom stereocenters. The average Bonchev–Trinajstić information content (AvgIpc) is 2.75. The normalized spacial score (nSPS) is 13.7. The molecule has 172 valence electrons. The van der Waals surface area contributed by atoms with E-state index in [-0.39, 0.29) is 17.1 Å². The van der Waals surface area contributed by atoms with Crippen molar-refractivity contribution in [2.45, 2.75) is 13.0 Å². The van der Waals surface area contributed by atoms with Crippen molar-refractivity contribution in [1.82, 2.24) is 5.32 Å². The summed E-state index contributed by atoms with van der Waals surface area (Å²) < 4.78 is 41.8. The Morgan fingerprint density at radius 3 is 2.53 bits per heavy atom. The highest BCUT2D eigenvalue weighted by atomic mass is 32.2. The standard InChI is InChI=1S/C20H23N3O8S/c1-13(14-4-6-18-19(10-14)31-9-8-30-18)21-20(24)12-22(32(3,27)28)16-11-15(23(25)26)5-7-17(16)29-2/h4-7,10-11,13H,8-9,12H2,1-3H3,(H,21,24)/t13-/m1/s1. The van der Waals surface area contributed by atoms with Crippen LogP contribution in [0, 0.1) is 10.1 Å². The molecule has 0 aliphatic carbocycles. The van der Waals surface area contributed by atoms with Crippen molar-refractivity contribution in [3.05, 3.63) is 52.1 Å². The van der Waals surface area contributed by atoms with Gasteiger partial charge in [0.2, 0.25) is 15.9 Å². The first-order chi connectivity index (χ1) is 15.1. The van der Waals surface area contributed by atoms with E-state index in [1.807, 2.05) is 0 Å². The van der Waals surface area contributed by atoms with Gasteiger partial charge in [-0.15, -0.1) is 0 Å². The largest absolute Gasteiger partial charge is 0.495 e. The zero-order chi connectivity index (χ0) is 23.5. The molecular formula is C20H23N3O8S. The maximum Gasteiger partial charge on any atom is 0.271 e. The minimum absolute atomic E-state index is 0.0775. The summed E-state index contributed by atoms with van der Waals surface area (Å²) in [6, 6.07) is 8.31. The number of nitro benzene ring substituents is 1. The predicted molar refractivity (Wildman–Crippen MR) is 116 cm³/mol. The van der Waals surface area contributed by atoms with Crippen LogP contribution in [0.5, 0.6) is 17.2 Å². The molecule has 3 rings (SSSR count). The number of rotatable bonds is 8. The molecule has 1 atom stereocenters. The number of hydrogen-bond donors (Lipinski definition) is 1. The number of carbonyl (C=O) groups is 1. The molecule has 1 N–H and O–H groups in total. The Kier molecular flexibility index (Phi) is 6.72. The number of nitro groups is 1. The van der Waals surface area contributed by atoms with E-state index >= 15 is 0 Å². The number of nitrogens with zero attached hydrogens (tertiary/aromatic N) is 2. The van der Waals surface area contributed by atoms with E-state index in [0.717, 1.165) is 22.2 Å². The fourth-order valence-corrected chi connectivity index (χ4v) is 4.05. The second kappa shape index (κ2) is 9.30. The van der Waals surface area contributed by atoms with Crippen molar-refractivity contribution in [3.8, 4) is 17.2 Å². The Hall–Kier alpha value is -3.54. The van der Waals surface area contributed by atoms with Gasteiger partial charge in [0.1, 0.15) is 31.2 Å². The summed E-state index contributed by atoms with van der Waals surface area (Å²) in [7, 11) is -2.67. The summed E-state index contributed by atoms with van der Waals surface area (Å²) in [5.41, 5.74) is 0.298. The van der Waals surface area contributed by atoms with Gasteiger partial charge in [-0.2, -0.15) is 0 Å². The van der Waals surface area contributed by atoms with Gasteiger partial charge in [0, 0.05) is 12.1 Å². The Morgan fingerprint density at radius 2 is 1.91 bits per heavy atom. The van der Waals surface area contributed by atoms with Gasteiger partial charge in [0.15, 0.2) is 11.5 Å². The lowest BCUT2D eigenvalue weighted by molar-refractivity contribution is -0.384. The van der Waals surface area contributed by atoms with E-state index in [4.69, 9.17) is 14.2 Å². The second-order valence-electron chi connectivity index (χ2n) is 7.08. The number of hydrogen-bond acceptors (Lipinski definition) is 8. The third-order valence-electron chi connectivity index (χ3n) is 4.77. The van der Waals surface area contributed by atoms with Crippen LogP contribution < -0.4 is 23.8 Å². The van der Waals surface area contributed by atoms with Crippen LogP contribution in [0.15, 0.2) is 36.4 Å². The molecule has 0 saturated heterocycles. The Labute approximate surface area is 185 Å². The fraction of sp³-hybridized carbons (Fsp3) is 0.350. The van der Waals surface area contributed by atoms with Crippen molar-refractivity contribution in [2.75, 3.05) is 37.4 Å². The van der Waals surface area contributed by atoms with E-state index in [2.05, 4.69) is 5.32 Å². The molecule has 0 saturated carbocycles. The quantitative estimate of drug-likeness (QED) is 0.462. The summed E-state index contributed by atoms with van der Waals surface area (Å²) >= 11 is 0. The molecule has 0 radical (unpaired) electrons. The van der Waals surface area contributed by atoms with Crippen LogP contribution in [-0.4, -0.2) is 52.4 Å². The van der Waals surface area contributed by atoms with Crippen LogP contribution in [0.1, 0.15) is 18.5 Å². The van der Waals surface area contributed by atoms with Crippen molar-refractivity contribution in [3.63, 3.8) is 0 Å². The first kappa shape index (κ1) is 23.1. The van der Waals surface area contributed by atoms with E-state index in [9.17, 15) is 23.3 Å². The zero-order valence-corrected chi connectivity index (χ0v) is 18.5. The highest BCUT2D eigenvalue weighted by Gasteiger charge is 2.27. The number of amides is 1. The fourth-order valence-electron chi connectivity index (χ4n) is 3.20. The lowest BCUT2D eigenvalue weighted by atomic mass is 10.1. The number of methoxy groups -OCH3 is 1. The molecular weight excluding hydrogens is 442 g/mol. The summed E-state index contributed by atoms with van der Waals surface area (Å²) in [5, 5.41) is 13.9. The van der Waals surface area contributed by atoms with Gasteiger partial charge in [0.05, 0.1) is 24.3 Å². The van der Waals surface area contributed by atoms with Crippen LogP contribution >= 0.6 is 0 Å². The van der Waals surface area contributed by atoms with Crippen molar-refractivity contribution >= 4 is 27.3 Å². The molecule has 0 spiro atoms. The van der Waals surface area contributed by atoms with Crippen LogP contribution in [0.3, 0.4) is 0 Å². The van der Waals surface area contributed by atoms with Crippen LogP contribution in [0.2, 0.25) is 0 Å². The third-order valence-corrected chi connectivity index (χ3v) is 5.90. The Bertz CT molecular complexity index is 1140. The monoisotopic (exact) mass is 465 g/mol. The number of fused-ring (bicyclic) bond motifs is 1. The molecule has 2 aromatic rings. The molecule has 0 bridgehead atoms. The maximum atomic E-state index is 12.7. The number of benzene rings is 2. The van der Waals surface area contributed by atoms with Gasteiger partial charge in [-0.05, 0) is 30.7 Å². The van der Waals surface area contributed by atoms with E-state index < -0.39 is 33.4 Å². The number of ether oxygens (including phenoxy) is 3. The van der Waals surface area contributed by atoms with E-state index in [1.165, 1.54) is 19.2 Å². The zero-order valence-electron chi connectivity index (χ0n) is 17.7. The highest BCUT2D eigenvalue weighted by molar-refractivity contribution is 7.92. The molecule has 0 fully saturated rings. The maximum absolute atomic E-state index is 12.7. The number of nitrogens with one attached hydrogen (secondary N) is 1. The third kappa shape index (κ3) is 5.19. The number of carbonyl (C=O) groups excluding carboxylic acids is 1. The van der Waals surface area contributed by atoms with Gasteiger partial charge in [-0.1, -0.05) is 6.07 Å². The van der Waals surface area contributed by atoms with Gasteiger partial charge < -0.3 is 19.5 Å². The Balaban J connectivity index is 1.82. The molecule has 1 amide bonds. The van der Waals surface area contributed by atoms with Crippen molar-refractivity contribution in [2.24, 2.45) is 0 Å². The summed E-state index contributed by atoms with van der Waals surface area (Å²) in [6.45, 7) is 2.03. The summed E-state index contributed by atoms with van der Waals surface area (Å²) in [4.78, 5) is 23.2. The topological polar surface area (TPSA) is 137 Å². The molecule has 2 aromatic carbocycles. The molecule has 0 aromatic heterocycles. The predicted octanol–water partition coefficient (Wildman–Crippen LogP) is 2.02.